The van der Waals surface area contributed by atoms with Crippen molar-refractivity contribution in [3.8, 4) is 11.3 Å². The maximum absolute atomic E-state index is 4.83. The fourth-order valence-electron chi connectivity index (χ4n) is 2.21. The van der Waals surface area contributed by atoms with Crippen molar-refractivity contribution in [2.75, 3.05) is 0 Å². The summed E-state index contributed by atoms with van der Waals surface area (Å²) >= 11 is 0. The minimum atomic E-state index is 0.586. The molecule has 0 aromatic carbocycles. The molecule has 2 heterocycles. The number of hydrogen-bond donors (Lipinski definition) is 1. The number of nitrogens with zero attached hydrogens (tertiary/aromatic N) is 2. The number of aromatic amines is 1. The highest BCUT2D eigenvalue weighted by Crippen LogP contribution is 2.22. The monoisotopic (exact) mass is 257 g/mol. The second-order valence-corrected chi connectivity index (χ2v) is 5.95. The van der Waals surface area contributed by atoms with Gasteiger partial charge in [-0.2, -0.15) is 0 Å². The molecule has 0 aliphatic carbocycles. The number of H-pyrrole nitrogens is 1. The third kappa shape index (κ3) is 3.66. The molecule has 0 saturated carbocycles. The van der Waals surface area contributed by atoms with Gasteiger partial charge in [-0.25, -0.2) is 4.98 Å². The minimum absolute atomic E-state index is 0.586. The second kappa shape index (κ2) is 6.00. The van der Waals surface area contributed by atoms with Gasteiger partial charge in [-0.05, 0) is 30.7 Å². The van der Waals surface area contributed by atoms with Crippen molar-refractivity contribution in [1.82, 2.24) is 15.0 Å². The second-order valence-electron chi connectivity index (χ2n) is 5.95. The Morgan fingerprint density at radius 1 is 1.11 bits per heavy atom. The minimum Gasteiger partial charge on any atom is -0.367 e. The molecule has 3 nitrogen and oxygen atoms in total. The van der Waals surface area contributed by atoms with Gasteiger partial charge in [0.15, 0.2) is 0 Å². The van der Waals surface area contributed by atoms with Crippen LogP contribution in [0.15, 0.2) is 24.7 Å². The van der Waals surface area contributed by atoms with E-state index in [-0.39, 0.29) is 0 Å². The van der Waals surface area contributed by atoms with Gasteiger partial charge in [0.1, 0.15) is 0 Å². The lowest BCUT2D eigenvalue weighted by Crippen LogP contribution is -2.06. The molecule has 102 valence electrons. The first-order chi connectivity index (χ1) is 9.06. The highest BCUT2D eigenvalue weighted by molar-refractivity contribution is 5.60. The Morgan fingerprint density at radius 2 is 1.84 bits per heavy atom. The van der Waals surface area contributed by atoms with E-state index < -0.39 is 0 Å². The first-order valence-corrected chi connectivity index (χ1v) is 7.04. The smallest absolute Gasteiger partial charge is 0.0935 e. The number of aromatic nitrogens is 3. The summed E-state index contributed by atoms with van der Waals surface area (Å²) in [6.07, 6.45) is 7.81. The van der Waals surface area contributed by atoms with E-state index in [4.69, 9.17) is 4.98 Å². The van der Waals surface area contributed by atoms with Crippen LogP contribution in [-0.2, 0) is 12.8 Å². The van der Waals surface area contributed by atoms with Crippen molar-refractivity contribution in [3.05, 3.63) is 36.0 Å². The number of hydrogen-bond acceptors (Lipinski definition) is 2. The van der Waals surface area contributed by atoms with Crippen LogP contribution in [0.5, 0.6) is 0 Å². The summed E-state index contributed by atoms with van der Waals surface area (Å²) in [5.41, 5.74) is 4.35. The van der Waals surface area contributed by atoms with E-state index in [1.165, 1.54) is 0 Å². The molecule has 0 fully saturated rings. The third-order valence-electron chi connectivity index (χ3n) is 2.99. The molecule has 19 heavy (non-hydrogen) atoms. The largest absolute Gasteiger partial charge is 0.367 e. The highest BCUT2D eigenvalue weighted by Gasteiger charge is 2.12. The Morgan fingerprint density at radius 3 is 2.42 bits per heavy atom. The molecule has 0 atom stereocenters. The van der Waals surface area contributed by atoms with Crippen molar-refractivity contribution in [3.63, 3.8) is 0 Å². The Labute approximate surface area is 115 Å². The Balaban J connectivity index is 2.38. The zero-order valence-electron chi connectivity index (χ0n) is 12.3. The van der Waals surface area contributed by atoms with Crippen LogP contribution in [-0.4, -0.2) is 15.0 Å². The zero-order valence-corrected chi connectivity index (χ0v) is 12.3. The molecule has 0 unspecified atom stereocenters. The van der Waals surface area contributed by atoms with Gasteiger partial charge in [-0.3, -0.25) is 4.98 Å². The van der Waals surface area contributed by atoms with Gasteiger partial charge in [-0.15, -0.1) is 0 Å². The van der Waals surface area contributed by atoms with Gasteiger partial charge < -0.3 is 4.98 Å². The van der Waals surface area contributed by atoms with Crippen molar-refractivity contribution in [2.24, 2.45) is 11.8 Å². The summed E-state index contributed by atoms with van der Waals surface area (Å²) in [5.74, 6) is 1.19. The van der Waals surface area contributed by atoms with Gasteiger partial charge in [0.05, 0.1) is 17.1 Å². The van der Waals surface area contributed by atoms with E-state index in [2.05, 4.69) is 43.7 Å². The number of rotatable bonds is 5. The Kier molecular flexibility index (Phi) is 4.35. The first-order valence-electron chi connectivity index (χ1n) is 7.04. The predicted octanol–water partition coefficient (Wildman–Crippen LogP) is 3.87. The SMILES string of the molecule is CC(C)Cc1cnc(CC(C)C)c(-c2cc[nH]c2)n1. The van der Waals surface area contributed by atoms with Crippen LogP contribution >= 0.6 is 0 Å². The molecule has 0 aliphatic heterocycles. The van der Waals surface area contributed by atoms with Crippen molar-refractivity contribution in [2.45, 2.75) is 40.5 Å². The van der Waals surface area contributed by atoms with Crippen LogP contribution in [0.4, 0.5) is 0 Å². The molecular formula is C16H23N3. The van der Waals surface area contributed by atoms with E-state index in [1.807, 2.05) is 18.6 Å². The van der Waals surface area contributed by atoms with Crippen LogP contribution in [0.25, 0.3) is 11.3 Å². The topological polar surface area (TPSA) is 41.6 Å². The van der Waals surface area contributed by atoms with Gasteiger partial charge in [0.2, 0.25) is 0 Å². The molecule has 0 aliphatic rings. The lowest BCUT2D eigenvalue weighted by atomic mass is 10.0. The molecule has 0 bridgehead atoms. The van der Waals surface area contributed by atoms with E-state index in [0.29, 0.717) is 11.8 Å². The standard InChI is InChI=1S/C16H23N3/c1-11(2)7-14-10-18-15(8-12(3)4)16(19-14)13-5-6-17-9-13/h5-6,9-12,17H,7-8H2,1-4H3. The molecule has 0 radical (unpaired) electrons. The zero-order chi connectivity index (χ0) is 13.8. The average molecular weight is 257 g/mol. The van der Waals surface area contributed by atoms with Crippen LogP contribution in [0.2, 0.25) is 0 Å². The summed E-state index contributed by atoms with van der Waals surface area (Å²) < 4.78 is 0. The maximum atomic E-state index is 4.83. The van der Waals surface area contributed by atoms with Crippen molar-refractivity contribution in [1.29, 1.82) is 0 Å². The van der Waals surface area contributed by atoms with E-state index in [0.717, 1.165) is 35.5 Å². The first kappa shape index (κ1) is 13.8. The third-order valence-corrected chi connectivity index (χ3v) is 2.99. The summed E-state index contributed by atoms with van der Waals surface area (Å²) in [6, 6.07) is 2.06. The van der Waals surface area contributed by atoms with Crippen LogP contribution in [0.1, 0.15) is 39.1 Å². The van der Waals surface area contributed by atoms with Gasteiger partial charge >= 0.3 is 0 Å². The van der Waals surface area contributed by atoms with Gasteiger partial charge in [-0.1, -0.05) is 27.7 Å². The average Bonchev–Trinajstić information content (AvgIpc) is 2.83. The van der Waals surface area contributed by atoms with Crippen molar-refractivity contribution < 1.29 is 0 Å². The fourth-order valence-corrected chi connectivity index (χ4v) is 2.21. The lowest BCUT2D eigenvalue weighted by Gasteiger charge is -2.12. The molecule has 0 saturated heterocycles. The molecule has 2 aromatic rings. The fraction of sp³-hybridized carbons (Fsp3) is 0.500. The van der Waals surface area contributed by atoms with Crippen molar-refractivity contribution >= 4 is 0 Å². The molecule has 3 heteroatoms. The maximum Gasteiger partial charge on any atom is 0.0935 e. The molecule has 2 aromatic heterocycles. The van der Waals surface area contributed by atoms with Crippen LogP contribution in [0.3, 0.4) is 0 Å². The van der Waals surface area contributed by atoms with E-state index in [1.54, 1.807) is 0 Å². The van der Waals surface area contributed by atoms with Gasteiger partial charge in [0, 0.05) is 24.2 Å². The van der Waals surface area contributed by atoms with E-state index >= 15 is 0 Å². The number of nitrogens with one attached hydrogen (secondary N) is 1. The Bertz CT molecular complexity index is 513. The molecule has 2 rings (SSSR count). The highest BCUT2D eigenvalue weighted by atomic mass is 14.8. The quantitative estimate of drug-likeness (QED) is 0.883. The van der Waals surface area contributed by atoms with E-state index in [9.17, 15) is 0 Å². The molecule has 0 spiro atoms. The lowest BCUT2D eigenvalue weighted by molar-refractivity contribution is 0.619. The molecular weight excluding hydrogens is 234 g/mol. The summed E-state index contributed by atoms with van der Waals surface area (Å²) in [7, 11) is 0. The summed E-state index contributed by atoms with van der Waals surface area (Å²) in [5, 5.41) is 0. The molecule has 1 N–H and O–H groups in total. The summed E-state index contributed by atoms with van der Waals surface area (Å²) in [4.78, 5) is 12.6. The predicted molar refractivity (Wildman–Crippen MR) is 78.9 cm³/mol. The Hall–Kier alpha value is -1.64. The van der Waals surface area contributed by atoms with Gasteiger partial charge in [0.25, 0.3) is 0 Å². The molecule has 0 amide bonds. The van der Waals surface area contributed by atoms with Crippen LogP contribution in [0, 0.1) is 11.8 Å². The van der Waals surface area contributed by atoms with Crippen LogP contribution < -0.4 is 0 Å². The normalized spacial score (nSPS) is 11.5. The summed E-state index contributed by atoms with van der Waals surface area (Å²) in [6.45, 7) is 8.84.